The minimum absolute atomic E-state index is 0.146. The quantitative estimate of drug-likeness (QED) is 0.582. The minimum atomic E-state index is -0.692. The van der Waals surface area contributed by atoms with Gasteiger partial charge in [0, 0.05) is 43.2 Å². The number of rotatable bonds is 4. The standard InChI is InChI=1S/C26H28N4O5/c1-26(2,3)35-25(33)30-13-11-20-19(23(30)31)15-21(29(20)4)18-10-12-27-22(14-18)28-24(32)34-16-17-8-6-5-7-9-17/h5-10,12,14-15H,11,13,16H2,1-4H3,(H,27,28,32). The number of benzene rings is 1. The van der Waals surface area contributed by atoms with Crippen LogP contribution in [0.3, 0.4) is 0 Å². The predicted molar refractivity (Wildman–Crippen MR) is 130 cm³/mol. The first-order valence-electron chi connectivity index (χ1n) is 11.3. The Balaban J connectivity index is 1.49. The van der Waals surface area contributed by atoms with Gasteiger partial charge in [-0.1, -0.05) is 30.3 Å². The topological polar surface area (TPSA) is 103 Å². The number of aromatic nitrogens is 2. The smallest absolute Gasteiger partial charge is 0.417 e. The van der Waals surface area contributed by atoms with E-state index in [2.05, 4.69) is 10.3 Å². The van der Waals surface area contributed by atoms with Gasteiger partial charge in [-0.25, -0.2) is 19.5 Å². The molecule has 1 aromatic carbocycles. The van der Waals surface area contributed by atoms with Crippen molar-refractivity contribution in [1.29, 1.82) is 0 Å². The predicted octanol–water partition coefficient (Wildman–Crippen LogP) is 4.77. The second kappa shape index (κ2) is 9.61. The molecule has 1 aliphatic rings. The summed E-state index contributed by atoms with van der Waals surface area (Å²) < 4.78 is 12.6. The number of carbonyl (C=O) groups is 3. The maximum Gasteiger partial charge on any atom is 0.417 e. The Hall–Kier alpha value is -4.14. The van der Waals surface area contributed by atoms with E-state index in [-0.39, 0.29) is 19.1 Å². The third kappa shape index (κ3) is 5.51. The average Bonchev–Trinajstić information content (AvgIpc) is 3.15. The second-order valence-corrected chi connectivity index (χ2v) is 9.25. The Morgan fingerprint density at radius 2 is 1.86 bits per heavy atom. The van der Waals surface area contributed by atoms with Gasteiger partial charge in [0.25, 0.3) is 5.91 Å². The normalized spacial score (nSPS) is 13.3. The van der Waals surface area contributed by atoms with Gasteiger partial charge in [-0.3, -0.25) is 10.1 Å². The maximum atomic E-state index is 13.1. The van der Waals surface area contributed by atoms with Gasteiger partial charge in [-0.15, -0.1) is 0 Å². The van der Waals surface area contributed by atoms with Crippen molar-refractivity contribution in [2.24, 2.45) is 7.05 Å². The summed E-state index contributed by atoms with van der Waals surface area (Å²) in [5.74, 6) is -0.0688. The molecule has 1 N–H and O–H groups in total. The van der Waals surface area contributed by atoms with E-state index in [1.807, 2.05) is 41.9 Å². The van der Waals surface area contributed by atoms with Gasteiger partial charge in [0.1, 0.15) is 18.0 Å². The molecule has 4 rings (SSSR count). The molecule has 3 heterocycles. The summed E-state index contributed by atoms with van der Waals surface area (Å²) in [4.78, 5) is 43.1. The van der Waals surface area contributed by atoms with E-state index in [9.17, 15) is 14.4 Å². The zero-order chi connectivity index (χ0) is 25.2. The van der Waals surface area contributed by atoms with Gasteiger partial charge in [-0.2, -0.15) is 0 Å². The van der Waals surface area contributed by atoms with Crippen LogP contribution in [0.2, 0.25) is 0 Å². The molecule has 182 valence electrons. The Morgan fingerprint density at radius 3 is 2.57 bits per heavy atom. The van der Waals surface area contributed by atoms with E-state index < -0.39 is 17.8 Å². The van der Waals surface area contributed by atoms with Crippen LogP contribution in [0.25, 0.3) is 11.3 Å². The number of anilines is 1. The molecule has 9 nitrogen and oxygen atoms in total. The van der Waals surface area contributed by atoms with Crippen LogP contribution in [0.1, 0.15) is 42.4 Å². The summed E-state index contributed by atoms with van der Waals surface area (Å²) >= 11 is 0. The third-order valence-electron chi connectivity index (χ3n) is 5.52. The summed E-state index contributed by atoms with van der Waals surface area (Å²) in [5.41, 5.74) is 2.99. The Labute approximate surface area is 203 Å². The Kier molecular flexibility index (Phi) is 6.59. The molecule has 0 saturated heterocycles. The molecule has 0 bridgehead atoms. The van der Waals surface area contributed by atoms with Gasteiger partial charge in [0.05, 0.1) is 5.56 Å². The third-order valence-corrected chi connectivity index (χ3v) is 5.52. The SMILES string of the molecule is Cn1c(-c2ccnc(NC(=O)OCc3ccccc3)c2)cc2c1CCN(C(=O)OC(C)(C)C)C2=O. The van der Waals surface area contributed by atoms with Gasteiger partial charge < -0.3 is 14.0 Å². The first kappa shape index (κ1) is 24.0. The van der Waals surface area contributed by atoms with Crippen LogP contribution in [-0.2, 0) is 29.5 Å². The summed E-state index contributed by atoms with van der Waals surface area (Å²) in [7, 11) is 1.87. The van der Waals surface area contributed by atoms with Crippen molar-refractivity contribution in [2.45, 2.75) is 39.4 Å². The van der Waals surface area contributed by atoms with Crippen LogP contribution in [-0.4, -0.2) is 44.7 Å². The summed E-state index contributed by atoms with van der Waals surface area (Å²) in [5, 5.41) is 2.64. The van der Waals surface area contributed by atoms with Crippen molar-refractivity contribution < 1.29 is 23.9 Å². The number of hydrogen-bond donors (Lipinski definition) is 1. The summed E-state index contributed by atoms with van der Waals surface area (Å²) in [6, 6.07) is 14.6. The fourth-order valence-electron chi connectivity index (χ4n) is 3.89. The highest BCUT2D eigenvalue weighted by Gasteiger charge is 2.34. The van der Waals surface area contributed by atoms with Crippen molar-refractivity contribution in [3.63, 3.8) is 0 Å². The maximum absolute atomic E-state index is 13.1. The molecule has 3 aromatic rings. The number of imide groups is 1. The molecule has 9 heteroatoms. The van der Waals surface area contributed by atoms with Crippen LogP contribution in [0.5, 0.6) is 0 Å². The Morgan fingerprint density at radius 1 is 1.11 bits per heavy atom. The molecule has 1 aliphatic heterocycles. The number of nitrogens with one attached hydrogen (secondary N) is 1. The zero-order valence-electron chi connectivity index (χ0n) is 20.2. The van der Waals surface area contributed by atoms with Crippen molar-refractivity contribution >= 4 is 23.9 Å². The van der Waals surface area contributed by atoms with Crippen LogP contribution in [0.4, 0.5) is 15.4 Å². The number of nitrogens with zero attached hydrogens (tertiary/aromatic N) is 3. The van der Waals surface area contributed by atoms with Crippen LogP contribution in [0.15, 0.2) is 54.7 Å². The monoisotopic (exact) mass is 476 g/mol. The molecule has 35 heavy (non-hydrogen) atoms. The molecule has 0 aliphatic carbocycles. The number of amides is 3. The lowest BCUT2D eigenvalue weighted by Crippen LogP contribution is -2.44. The highest BCUT2D eigenvalue weighted by Crippen LogP contribution is 2.30. The van der Waals surface area contributed by atoms with E-state index in [0.29, 0.717) is 17.8 Å². The lowest BCUT2D eigenvalue weighted by Gasteiger charge is -2.28. The van der Waals surface area contributed by atoms with Crippen molar-refractivity contribution in [1.82, 2.24) is 14.5 Å². The minimum Gasteiger partial charge on any atom is -0.444 e. The first-order chi connectivity index (χ1) is 16.6. The van der Waals surface area contributed by atoms with Crippen molar-refractivity contribution in [2.75, 3.05) is 11.9 Å². The summed E-state index contributed by atoms with van der Waals surface area (Å²) in [6.07, 6.45) is 0.817. The van der Waals surface area contributed by atoms with E-state index in [0.717, 1.165) is 27.4 Å². The number of ether oxygens (including phenoxy) is 2. The largest absolute Gasteiger partial charge is 0.444 e. The highest BCUT2D eigenvalue weighted by atomic mass is 16.6. The van der Waals surface area contributed by atoms with Crippen LogP contribution < -0.4 is 5.32 Å². The lowest BCUT2D eigenvalue weighted by atomic mass is 10.1. The van der Waals surface area contributed by atoms with Gasteiger partial charge >= 0.3 is 12.2 Å². The molecular weight excluding hydrogens is 448 g/mol. The molecule has 3 amide bonds. The molecule has 0 radical (unpaired) electrons. The van der Waals surface area contributed by atoms with Gasteiger partial charge in [-0.05, 0) is 44.5 Å². The fraction of sp³-hybridized carbons (Fsp3) is 0.308. The van der Waals surface area contributed by atoms with E-state index >= 15 is 0 Å². The number of pyridine rings is 1. The highest BCUT2D eigenvalue weighted by molar-refractivity contribution is 6.05. The van der Waals surface area contributed by atoms with Gasteiger partial charge in [0.15, 0.2) is 0 Å². The summed E-state index contributed by atoms with van der Waals surface area (Å²) in [6.45, 7) is 5.68. The molecular formula is C26H28N4O5. The van der Waals surface area contributed by atoms with Gasteiger partial charge in [0.2, 0.25) is 0 Å². The van der Waals surface area contributed by atoms with Crippen LogP contribution >= 0.6 is 0 Å². The Bertz CT molecular complexity index is 1260. The molecule has 0 atom stereocenters. The molecule has 0 spiro atoms. The number of carbonyl (C=O) groups excluding carboxylic acids is 3. The molecule has 0 saturated carbocycles. The zero-order valence-corrected chi connectivity index (χ0v) is 20.2. The van der Waals surface area contributed by atoms with E-state index in [1.54, 1.807) is 45.2 Å². The van der Waals surface area contributed by atoms with Crippen LogP contribution in [0, 0.1) is 0 Å². The number of hydrogen-bond acceptors (Lipinski definition) is 6. The first-order valence-corrected chi connectivity index (χ1v) is 11.3. The fourth-order valence-corrected chi connectivity index (χ4v) is 3.89. The lowest BCUT2D eigenvalue weighted by molar-refractivity contribution is 0.0232. The van der Waals surface area contributed by atoms with Crippen molar-refractivity contribution in [3.8, 4) is 11.3 Å². The second-order valence-electron chi connectivity index (χ2n) is 9.25. The molecule has 0 fully saturated rings. The molecule has 0 unspecified atom stereocenters. The average molecular weight is 477 g/mol. The van der Waals surface area contributed by atoms with Crippen molar-refractivity contribution in [3.05, 3.63) is 71.5 Å². The van der Waals surface area contributed by atoms with E-state index in [4.69, 9.17) is 9.47 Å². The molecule has 2 aromatic heterocycles. The van der Waals surface area contributed by atoms with E-state index in [1.165, 1.54) is 0 Å². The number of fused-ring (bicyclic) bond motifs is 1.